The first-order valence-corrected chi connectivity index (χ1v) is 9.48. The van der Waals surface area contributed by atoms with Crippen molar-refractivity contribution in [1.82, 2.24) is 25.1 Å². The van der Waals surface area contributed by atoms with E-state index in [1.165, 1.54) is 0 Å². The summed E-state index contributed by atoms with van der Waals surface area (Å²) in [5, 5.41) is 8.07. The highest BCUT2D eigenvalue weighted by Crippen LogP contribution is 2.29. The van der Waals surface area contributed by atoms with Gasteiger partial charge in [-0.15, -0.1) is 0 Å². The number of fused-ring (bicyclic) bond motifs is 1. The molecule has 1 fully saturated rings. The van der Waals surface area contributed by atoms with Gasteiger partial charge in [0.25, 0.3) is 0 Å². The lowest BCUT2D eigenvalue weighted by molar-refractivity contribution is 0.0275. The molecule has 9 nitrogen and oxygen atoms in total. The van der Waals surface area contributed by atoms with Crippen LogP contribution in [0.4, 0.5) is 4.79 Å². The van der Waals surface area contributed by atoms with E-state index in [0.29, 0.717) is 36.9 Å². The number of carbonyl (C=O) groups excluding carboxylic acids is 1. The molecule has 4 rings (SSSR count). The highest BCUT2D eigenvalue weighted by Gasteiger charge is 2.31. The molecule has 1 aliphatic rings. The Morgan fingerprint density at radius 1 is 1.28 bits per heavy atom. The zero-order valence-corrected chi connectivity index (χ0v) is 16.6. The summed E-state index contributed by atoms with van der Waals surface area (Å²) in [5.41, 5.74) is -0.442. The van der Waals surface area contributed by atoms with E-state index < -0.39 is 11.3 Å². The smallest absolute Gasteiger partial charge is 0.410 e. The van der Waals surface area contributed by atoms with Gasteiger partial charge in [-0.3, -0.25) is 4.98 Å². The Kier molecular flexibility index (Phi) is 4.73. The highest BCUT2D eigenvalue weighted by molar-refractivity contribution is 5.89. The highest BCUT2D eigenvalue weighted by atomic mass is 16.6. The van der Waals surface area contributed by atoms with Gasteiger partial charge in [0.1, 0.15) is 17.4 Å². The second-order valence-corrected chi connectivity index (χ2v) is 8.02. The fourth-order valence-electron chi connectivity index (χ4n) is 3.24. The summed E-state index contributed by atoms with van der Waals surface area (Å²) in [5.74, 6) is 0.783. The van der Waals surface area contributed by atoms with E-state index in [1.54, 1.807) is 4.90 Å². The van der Waals surface area contributed by atoms with Crippen LogP contribution in [0.2, 0.25) is 0 Å². The lowest BCUT2D eigenvalue weighted by Gasteiger charge is -2.24. The van der Waals surface area contributed by atoms with E-state index in [0.717, 1.165) is 10.8 Å². The van der Waals surface area contributed by atoms with E-state index in [9.17, 15) is 9.59 Å². The molecule has 29 heavy (non-hydrogen) atoms. The molecule has 0 saturated carbocycles. The van der Waals surface area contributed by atoms with Crippen molar-refractivity contribution in [3.63, 3.8) is 0 Å². The van der Waals surface area contributed by atoms with Gasteiger partial charge in [-0.2, -0.15) is 5.10 Å². The van der Waals surface area contributed by atoms with Crippen LogP contribution in [0.25, 0.3) is 22.3 Å². The molecule has 1 atom stereocenters. The number of ether oxygens (including phenoxy) is 2. The van der Waals surface area contributed by atoms with Gasteiger partial charge in [0.2, 0.25) is 5.88 Å². The Hall–Kier alpha value is -3.36. The predicted octanol–water partition coefficient (Wildman–Crippen LogP) is 2.70. The molecule has 1 saturated heterocycles. The van der Waals surface area contributed by atoms with Crippen molar-refractivity contribution in [3.05, 3.63) is 40.8 Å². The fourth-order valence-corrected chi connectivity index (χ4v) is 3.24. The summed E-state index contributed by atoms with van der Waals surface area (Å²) in [6.45, 7) is 6.51. The molecular weight excluding hydrogens is 374 g/mol. The number of hydrogen-bond donors (Lipinski definition) is 2. The number of aromatic amines is 2. The van der Waals surface area contributed by atoms with E-state index in [-0.39, 0.29) is 12.2 Å². The number of rotatable bonds is 3. The standard InChI is InChI=1S/C20H23N5O4/c1-20(2,3)29-19(27)25-9-8-13(11-25)28-17-14-7-5-4-6-12(14)10-15(21-17)16-22-18(26)24-23-16/h4-7,10,13H,8-9,11H2,1-3H3,(H2,22,23,24,26)/t13-/m0/s1. The number of pyridine rings is 1. The fraction of sp³-hybridized carbons (Fsp3) is 0.400. The maximum Gasteiger partial charge on any atom is 0.410 e. The van der Waals surface area contributed by atoms with Gasteiger partial charge in [0, 0.05) is 18.4 Å². The summed E-state index contributed by atoms with van der Waals surface area (Å²) < 4.78 is 11.6. The molecule has 2 aromatic heterocycles. The number of amides is 1. The normalized spacial score (nSPS) is 16.9. The average molecular weight is 397 g/mol. The SMILES string of the molecule is CC(C)(C)OC(=O)N1CC[C@H](Oc2nc(-c3n[nH]c(=O)[nH]3)cc3ccccc23)C1. The van der Waals surface area contributed by atoms with Crippen molar-refractivity contribution in [3.8, 4) is 17.4 Å². The molecule has 3 aromatic rings. The molecule has 0 aliphatic carbocycles. The molecule has 2 N–H and O–H groups in total. The Bertz CT molecular complexity index is 1100. The zero-order chi connectivity index (χ0) is 20.6. The number of benzene rings is 1. The van der Waals surface area contributed by atoms with Crippen LogP contribution >= 0.6 is 0 Å². The van der Waals surface area contributed by atoms with Crippen molar-refractivity contribution in [2.45, 2.75) is 38.9 Å². The van der Waals surface area contributed by atoms with Crippen LogP contribution in [0.3, 0.4) is 0 Å². The van der Waals surface area contributed by atoms with Crippen LogP contribution in [-0.2, 0) is 4.74 Å². The summed E-state index contributed by atoms with van der Waals surface area (Å²) in [6.07, 6.45) is 0.134. The van der Waals surface area contributed by atoms with Gasteiger partial charge in [0.05, 0.1) is 6.54 Å². The first-order chi connectivity index (χ1) is 13.8. The van der Waals surface area contributed by atoms with E-state index in [2.05, 4.69) is 20.2 Å². The lowest BCUT2D eigenvalue weighted by atomic mass is 10.1. The topological polar surface area (TPSA) is 113 Å². The summed E-state index contributed by atoms with van der Waals surface area (Å²) >= 11 is 0. The molecule has 3 heterocycles. The Labute approximate surface area is 167 Å². The Balaban J connectivity index is 1.58. The lowest BCUT2D eigenvalue weighted by Crippen LogP contribution is -2.36. The van der Waals surface area contributed by atoms with E-state index >= 15 is 0 Å². The number of nitrogens with one attached hydrogen (secondary N) is 2. The minimum atomic E-state index is -0.539. The first kappa shape index (κ1) is 19.0. The molecule has 9 heteroatoms. The number of aromatic nitrogens is 4. The molecule has 0 bridgehead atoms. The predicted molar refractivity (Wildman–Crippen MR) is 107 cm³/mol. The van der Waals surface area contributed by atoms with Crippen LogP contribution in [-0.4, -0.2) is 56.0 Å². The van der Waals surface area contributed by atoms with Crippen molar-refractivity contribution in [1.29, 1.82) is 0 Å². The summed E-state index contributed by atoms with van der Waals surface area (Å²) in [4.78, 5) is 32.5. The number of likely N-dealkylation sites (tertiary alicyclic amines) is 1. The van der Waals surface area contributed by atoms with Crippen LogP contribution in [0.1, 0.15) is 27.2 Å². The third kappa shape index (κ3) is 4.23. The molecule has 0 radical (unpaired) electrons. The number of H-pyrrole nitrogens is 2. The molecule has 0 unspecified atom stereocenters. The van der Waals surface area contributed by atoms with Crippen molar-refractivity contribution in [2.75, 3.05) is 13.1 Å². The van der Waals surface area contributed by atoms with Gasteiger partial charge in [-0.25, -0.2) is 19.7 Å². The maximum atomic E-state index is 12.3. The molecular formula is C20H23N5O4. The average Bonchev–Trinajstić information content (AvgIpc) is 3.29. The molecule has 1 aliphatic heterocycles. The first-order valence-electron chi connectivity index (χ1n) is 9.48. The van der Waals surface area contributed by atoms with Crippen molar-refractivity contribution < 1.29 is 14.3 Å². The van der Waals surface area contributed by atoms with E-state index in [1.807, 2.05) is 51.1 Å². The van der Waals surface area contributed by atoms with Crippen molar-refractivity contribution in [2.24, 2.45) is 0 Å². The molecule has 1 amide bonds. The summed E-state index contributed by atoms with van der Waals surface area (Å²) in [6, 6.07) is 9.54. The van der Waals surface area contributed by atoms with Gasteiger partial charge >= 0.3 is 11.8 Å². The molecule has 1 aromatic carbocycles. The molecule has 0 spiro atoms. The van der Waals surface area contributed by atoms with Crippen molar-refractivity contribution >= 4 is 16.9 Å². The number of carbonyl (C=O) groups is 1. The minimum Gasteiger partial charge on any atom is -0.472 e. The third-order valence-corrected chi connectivity index (χ3v) is 4.52. The van der Waals surface area contributed by atoms with Crippen LogP contribution in [0.5, 0.6) is 5.88 Å². The quantitative estimate of drug-likeness (QED) is 0.703. The number of nitrogens with zero attached hydrogens (tertiary/aromatic N) is 3. The van der Waals surface area contributed by atoms with Crippen LogP contribution in [0.15, 0.2) is 35.1 Å². The molecule has 152 valence electrons. The van der Waals surface area contributed by atoms with E-state index in [4.69, 9.17) is 9.47 Å². The monoisotopic (exact) mass is 397 g/mol. The second-order valence-electron chi connectivity index (χ2n) is 8.02. The Morgan fingerprint density at radius 3 is 2.79 bits per heavy atom. The van der Waals surface area contributed by atoms with Crippen LogP contribution in [0, 0.1) is 0 Å². The third-order valence-electron chi connectivity index (χ3n) is 4.52. The van der Waals surface area contributed by atoms with Crippen LogP contribution < -0.4 is 10.4 Å². The second kappa shape index (κ2) is 7.23. The van der Waals surface area contributed by atoms with Gasteiger partial charge < -0.3 is 14.4 Å². The summed E-state index contributed by atoms with van der Waals surface area (Å²) in [7, 11) is 0. The minimum absolute atomic E-state index is 0.202. The van der Waals surface area contributed by atoms with Gasteiger partial charge in [-0.05, 0) is 38.3 Å². The van der Waals surface area contributed by atoms with Gasteiger partial charge in [-0.1, -0.05) is 18.2 Å². The largest absolute Gasteiger partial charge is 0.472 e. The zero-order valence-electron chi connectivity index (χ0n) is 16.6. The Morgan fingerprint density at radius 2 is 2.07 bits per heavy atom. The van der Waals surface area contributed by atoms with Gasteiger partial charge in [0.15, 0.2) is 5.82 Å². The maximum absolute atomic E-state index is 12.3. The number of hydrogen-bond acceptors (Lipinski definition) is 6.